The van der Waals surface area contributed by atoms with Crippen LogP contribution < -0.4 is 0 Å². The van der Waals surface area contributed by atoms with Crippen LogP contribution in [0.25, 0.3) is 0 Å². The molecule has 0 aliphatic carbocycles. The fourth-order valence-electron chi connectivity index (χ4n) is 6.70. The third kappa shape index (κ3) is 50.7. The molecule has 0 radical (unpaired) electrons. The Morgan fingerprint density at radius 2 is 0.677 bits per heavy atom. The Hall–Kier alpha value is -4.19. The van der Waals surface area contributed by atoms with Gasteiger partial charge >= 0.3 is 17.9 Å². The van der Waals surface area contributed by atoms with E-state index in [9.17, 15) is 14.4 Å². The third-order valence-corrected chi connectivity index (χ3v) is 10.6. The average Bonchev–Trinajstić information content (AvgIpc) is 3.30. The van der Waals surface area contributed by atoms with Crippen molar-refractivity contribution >= 4 is 17.9 Å². The SMILES string of the molecule is CC\C=C/C=C\C=C/C=C\CCCCCCCC(=O)OC(COC(=O)CCCCCC/C=C\C/C=C\C/C=C\CC)COC(=O)CCCCCCC\C=C/C=C\C=C/CCCCCCC. The second-order valence-electron chi connectivity index (χ2n) is 16.8. The van der Waals surface area contributed by atoms with Crippen LogP contribution in [0.5, 0.6) is 0 Å². The fourth-order valence-corrected chi connectivity index (χ4v) is 6.70. The quantitative estimate of drug-likeness (QED) is 0.0199. The van der Waals surface area contributed by atoms with Crippen LogP contribution in [-0.2, 0) is 28.6 Å². The lowest BCUT2D eigenvalue weighted by atomic mass is 10.1. The summed E-state index contributed by atoms with van der Waals surface area (Å²) in [6.45, 7) is 6.30. The zero-order chi connectivity index (χ0) is 47.2. The summed E-state index contributed by atoms with van der Waals surface area (Å²) < 4.78 is 16.8. The van der Waals surface area contributed by atoms with Gasteiger partial charge in [-0.3, -0.25) is 14.4 Å². The Bertz CT molecular complexity index is 1400. The van der Waals surface area contributed by atoms with Gasteiger partial charge in [0.15, 0.2) is 6.10 Å². The number of carbonyl (C=O) groups is 3. The van der Waals surface area contributed by atoms with E-state index in [1.807, 2.05) is 24.3 Å². The molecule has 0 rings (SSSR count). The molecule has 0 saturated carbocycles. The first kappa shape index (κ1) is 60.8. The molecular formula is C59H94O6. The van der Waals surface area contributed by atoms with Gasteiger partial charge in [-0.1, -0.05) is 219 Å². The number of hydrogen-bond acceptors (Lipinski definition) is 6. The Morgan fingerprint density at radius 1 is 0.338 bits per heavy atom. The summed E-state index contributed by atoms with van der Waals surface area (Å²) in [5.41, 5.74) is 0. The van der Waals surface area contributed by atoms with Crippen molar-refractivity contribution < 1.29 is 28.6 Å². The molecule has 0 aliphatic heterocycles. The summed E-state index contributed by atoms with van der Waals surface area (Å²) in [7, 11) is 0. The molecule has 0 aliphatic rings. The van der Waals surface area contributed by atoms with Crippen LogP contribution in [0, 0.1) is 0 Å². The van der Waals surface area contributed by atoms with Crippen molar-refractivity contribution in [1.82, 2.24) is 0 Å². The van der Waals surface area contributed by atoms with Gasteiger partial charge in [-0.15, -0.1) is 0 Å². The zero-order valence-corrected chi connectivity index (χ0v) is 41.7. The van der Waals surface area contributed by atoms with Crippen LogP contribution >= 0.6 is 0 Å². The molecule has 0 aromatic rings. The van der Waals surface area contributed by atoms with Gasteiger partial charge in [0.1, 0.15) is 13.2 Å². The molecule has 65 heavy (non-hydrogen) atoms. The molecule has 6 heteroatoms. The molecule has 366 valence electrons. The summed E-state index contributed by atoms with van der Waals surface area (Å²) in [5.74, 6) is -0.980. The van der Waals surface area contributed by atoms with Gasteiger partial charge in [0, 0.05) is 19.3 Å². The van der Waals surface area contributed by atoms with Crippen LogP contribution in [0.3, 0.4) is 0 Å². The summed E-state index contributed by atoms with van der Waals surface area (Å²) in [6.07, 6.45) is 71.7. The molecule has 0 aromatic heterocycles. The van der Waals surface area contributed by atoms with Gasteiger partial charge < -0.3 is 14.2 Å². The minimum absolute atomic E-state index is 0.110. The van der Waals surface area contributed by atoms with E-state index in [0.717, 1.165) is 141 Å². The normalized spacial score (nSPS) is 13.1. The number of esters is 3. The van der Waals surface area contributed by atoms with Gasteiger partial charge in [0.25, 0.3) is 0 Å². The van der Waals surface area contributed by atoms with E-state index >= 15 is 0 Å². The highest BCUT2D eigenvalue weighted by molar-refractivity contribution is 5.71. The maximum atomic E-state index is 12.8. The van der Waals surface area contributed by atoms with Crippen molar-refractivity contribution in [2.45, 2.75) is 219 Å². The molecule has 0 bridgehead atoms. The summed E-state index contributed by atoms with van der Waals surface area (Å²) in [4.78, 5) is 38.0. The lowest BCUT2D eigenvalue weighted by Crippen LogP contribution is -2.30. The predicted molar refractivity (Wildman–Crippen MR) is 279 cm³/mol. The van der Waals surface area contributed by atoms with Crippen LogP contribution in [0.15, 0.2) is 122 Å². The standard InChI is InChI=1S/C59H94O6/c1-4-7-10-13-16-19-22-25-28-29-30-32-34-37-40-43-46-49-52-58(61)64-55-56(54-63-57(60)51-48-45-42-39-36-33-27-24-21-18-15-12-9-6-3)65-59(62)53-50-47-44-41-38-35-31-26-23-20-17-14-11-8-5-2/h8-9,11-12,14,17-18,20-23,25-33,56H,4-7,10,13,15-16,19,24,34-55H2,1-3H3/b11-8-,12-9-,17-14-,21-18-,23-20-,25-22-,29-28-,31-26-,32-30-,33-27-. The van der Waals surface area contributed by atoms with E-state index in [4.69, 9.17) is 14.2 Å². The highest BCUT2D eigenvalue weighted by Gasteiger charge is 2.19. The minimum atomic E-state index is -0.812. The first-order chi connectivity index (χ1) is 32.0. The lowest BCUT2D eigenvalue weighted by molar-refractivity contribution is -0.167. The Kier molecular flexibility index (Phi) is 49.1. The maximum Gasteiger partial charge on any atom is 0.306 e. The Labute approximate surface area is 399 Å². The number of hydrogen-bond donors (Lipinski definition) is 0. The van der Waals surface area contributed by atoms with Crippen molar-refractivity contribution in [3.8, 4) is 0 Å². The second-order valence-corrected chi connectivity index (χ2v) is 16.8. The number of allylic oxidation sites excluding steroid dienone is 20. The average molecular weight is 899 g/mol. The summed E-state index contributed by atoms with van der Waals surface area (Å²) in [5, 5.41) is 0. The van der Waals surface area contributed by atoms with Crippen molar-refractivity contribution in [3.05, 3.63) is 122 Å². The highest BCUT2D eigenvalue weighted by Crippen LogP contribution is 2.13. The first-order valence-electron chi connectivity index (χ1n) is 26.1. The topological polar surface area (TPSA) is 78.9 Å². The zero-order valence-electron chi connectivity index (χ0n) is 41.7. The molecule has 6 nitrogen and oxygen atoms in total. The molecule has 0 aromatic carbocycles. The fraction of sp³-hybridized carbons (Fsp3) is 0.610. The van der Waals surface area contributed by atoms with Crippen molar-refractivity contribution in [2.75, 3.05) is 13.2 Å². The van der Waals surface area contributed by atoms with Gasteiger partial charge in [-0.25, -0.2) is 0 Å². The predicted octanol–water partition coefficient (Wildman–Crippen LogP) is 17.3. The molecule has 1 unspecified atom stereocenters. The van der Waals surface area contributed by atoms with Crippen molar-refractivity contribution in [2.24, 2.45) is 0 Å². The van der Waals surface area contributed by atoms with Crippen LogP contribution in [-0.4, -0.2) is 37.2 Å². The lowest BCUT2D eigenvalue weighted by Gasteiger charge is -2.18. The first-order valence-corrected chi connectivity index (χ1v) is 26.1. The molecule has 0 N–H and O–H groups in total. The van der Waals surface area contributed by atoms with Crippen LogP contribution in [0.1, 0.15) is 213 Å². The Balaban J connectivity index is 4.52. The number of carbonyl (C=O) groups excluding carboxylic acids is 3. The molecule has 0 spiro atoms. The third-order valence-electron chi connectivity index (χ3n) is 10.6. The van der Waals surface area contributed by atoms with E-state index in [-0.39, 0.29) is 37.5 Å². The van der Waals surface area contributed by atoms with Gasteiger partial charge in [-0.05, 0) is 96.3 Å². The van der Waals surface area contributed by atoms with E-state index in [2.05, 4.69) is 118 Å². The molecule has 1 atom stereocenters. The van der Waals surface area contributed by atoms with Crippen molar-refractivity contribution in [3.63, 3.8) is 0 Å². The van der Waals surface area contributed by atoms with E-state index in [0.29, 0.717) is 12.8 Å². The highest BCUT2D eigenvalue weighted by atomic mass is 16.6. The monoisotopic (exact) mass is 899 g/mol. The minimum Gasteiger partial charge on any atom is -0.462 e. The smallest absolute Gasteiger partial charge is 0.306 e. The van der Waals surface area contributed by atoms with E-state index in [1.54, 1.807) is 0 Å². The van der Waals surface area contributed by atoms with E-state index < -0.39 is 6.10 Å². The summed E-state index contributed by atoms with van der Waals surface area (Å²) >= 11 is 0. The summed E-state index contributed by atoms with van der Waals surface area (Å²) in [6, 6.07) is 0. The van der Waals surface area contributed by atoms with Crippen LogP contribution in [0.2, 0.25) is 0 Å². The van der Waals surface area contributed by atoms with Gasteiger partial charge in [-0.2, -0.15) is 0 Å². The molecular weight excluding hydrogens is 805 g/mol. The molecule has 0 amide bonds. The number of ether oxygens (including phenoxy) is 3. The van der Waals surface area contributed by atoms with Gasteiger partial charge in [0.2, 0.25) is 0 Å². The molecule has 0 heterocycles. The number of rotatable bonds is 45. The molecule has 0 saturated heterocycles. The Morgan fingerprint density at radius 3 is 1.12 bits per heavy atom. The van der Waals surface area contributed by atoms with Crippen LogP contribution in [0.4, 0.5) is 0 Å². The van der Waals surface area contributed by atoms with E-state index in [1.165, 1.54) is 32.1 Å². The largest absolute Gasteiger partial charge is 0.462 e. The van der Waals surface area contributed by atoms with Crippen molar-refractivity contribution in [1.29, 1.82) is 0 Å². The maximum absolute atomic E-state index is 12.8. The van der Waals surface area contributed by atoms with Gasteiger partial charge in [0.05, 0.1) is 0 Å². The molecule has 0 fully saturated rings. The number of unbranched alkanes of at least 4 members (excludes halogenated alkanes) is 19. The second kappa shape index (κ2) is 52.4.